The molecule has 1 aliphatic carbocycles. The number of halogens is 2. The molecule has 0 unspecified atom stereocenters. The monoisotopic (exact) mass is 357 g/mol. The van der Waals surface area contributed by atoms with Gasteiger partial charge in [-0.15, -0.1) is 0 Å². The van der Waals surface area contributed by atoms with Crippen LogP contribution in [0.4, 0.5) is 9.18 Å². The molecular weight excluding hydrogens is 337 g/mol. The minimum atomic E-state index is -0.527. The number of rotatable bonds is 3. The molecule has 3 nitrogen and oxygen atoms in total. The summed E-state index contributed by atoms with van der Waals surface area (Å²) < 4.78 is 19.3. The molecule has 1 aromatic carbocycles. The quantitative estimate of drug-likeness (QED) is 0.771. The second kappa shape index (κ2) is 5.59. The molecule has 0 heterocycles. The second-order valence-electron chi connectivity index (χ2n) is 6.80. The standard InChI is InChI=1S/C16H21BrFNO2/c1-15(2,3)21-14(20)19(16(4)7-8-16)10-11-5-6-12(18)9-13(11)17/h5-6,9H,7-8,10H2,1-4H3. The van der Waals surface area contributed by atoms with Crippen LogP contribution in [0.5, 0.6) is 0 Å². The van der Waals surface area contributed by atoms with Crippen molar-refractivity contribution in [1.29, 1.82) is 0 Å². The molecule has 0 aromatic heterocycles. The van der Waals surface area contributed by atoms with E-state index in [9.17, 15) is 9.18 Å². The molecule has 0 atom stereocenters. The zero-order valence-corrected chi connectivity index (χ0v) is 14.5. The van der Waals surface area contributed by atoms with Gasteiger partial charge >= 0.3 is 6.09 Å². The van der Waals surface area contributed by atoms with Crippen molar-refractivity contribution in [3.8, 4) is 0 Å². The number of ether oxygens (including phenoxy) is 1. The first kappa shape index (κ1) is 16.3. The van der Waals surface area contributed by atoms with Gasteiger partial charge in [-0.1, -0.05) is 22.0 Å². The summed E-state index contributed by atoms with van der Waals surface area (Å²) in [7, 11) is 0. The molecule has 0 saturated heterocycles. The molecule has 0 spiro atoms. The van der Waals surface area contributed by atoms with Crippen LogP contribution in [0.15, 0.2) is 22.7 Å². The van der Waals surface area contributed by atoms with Crippen molar-refractivity contribution in [2.24, 2.45) is 0 Å². The van der Waals surface area contributed by atoms with E-state index in [0.717, 1.165) is 18.4 Å². The van der Waals surface area contributed by atoms with Crippen LogP contribution in [-0.4, -0.2) is 22.1 Å². The van der Waals surface area contributed by atoms with Gasteiger partial charge in [0.1, 0.15) is 11.4 Å². The average Bonchev–Trinajstić information content (AvgIpc) is 3.04. The van der Waals surface area contributed by atoms with E-state index in [-0.39, 0.29) is 17.4 Å². The van der Waals surface area contributed by atoms with E-state index in [0.29, 0.717) is 11.0 Å². The fourth-order valence-electron chi connectivity index (χ4n) is 2.06. The number of amides is 1. The van der Waals surface area contributed by atoms with Gasteiger partial charge in [0.25, 0.3) is 0 Å². The third-order valence-corrected chi connectivity index (χ3v) is 4.32. The molecule has 1 aromatic rings. The summed E-state index contributed by atoms with van der Waals surface area (Å²) in [4.78, 5) is 14.2. The van der Waals surface area contributed by atoms with Crippen molar-refractivity contribution >= 4 is 22.0 Å². The Bertz CT molecular complexity index is 550. The number of hydrogen-bond donors (Lipinski definition) is 0. The smallest absolute Gasteiger partial charge is 0.411 e. The van der Waals surface area contributed by atoms with Crippen molar-refractivity contribution < 1.29 is 13.9 Å². The largest absolute Gasteiger partial charge is 0.444 e. The van der Waals surface area contributed by atoms with Gasteiger partial charge in [0.05, 0.1) is 6.54 Å². The van der Waals surface area contributed by atoms with Crippen LogP contribution in [0.1, 0.15) is 46.1 Å². The first-order valence-corrected chi connectivity index (χ1v) is 7.85. The Morgan fingerprint density at radius 2 is 2.05 bits per heavy atom. The summed E-state index contributed by atoms with van der Waals surface area (Å²) in [6.45, 7) is 8.02. The molecule has 1 fully saturated rings. The van der Waals surface area contributed by atoms with Gasteiger partial charge in [0, 0.05) is 10.0 Å². The first-order chi connectivity index (χ1) is 9.61. The Morgan fingerprint density at radius 3 is 2.52 bits per heavy atom. The molecule has 0 radical (unpaired) electrons. The Morgan fingerprint density at radius 1 is 1.43 bits per heavy atom. The number of benzene rings is 1. The van der Waals surface area contributed by atoms with Crippen molar-refractivity contribution in [3.63, 3.8) is 0 Å². The third-order valence-electron chi connectivity index (χ3n) is 3.58. The van der Waals surface area contributed by atoms with Gasteiger partial charge < -0.3 is 4.74 Å². The van der Waals surface area contributed by atoms with Crippen LogP contribution in [0, 0.1) is 5.82 Å². The third kappa shape index (κ3) is 4.19. The lowest BCUT2D eigenvalue weighted by atomic mass is 10.1. The van der Waals surface area contributed by atoms with Gasteiger partial charge in [-0.05, 0) is 58.2 Å². The zero-order chi connectivity index (χ0) is 15.8. The minimum absolute atomic E-state index is 0.157. The molecule has 0 aliphatic heterocycles. The summed E-state index contributed by atoms with van der Waals surface area (Å²) in [5.41, 5.74) is 0.187. The lowest BCUT2D eigenvalue weighted by Crippen LogP contribution is -2.43. The molecule has 0 bridgehead atoms. The Kier molecular flexibility index (Phi) is 4.34. The Hall–Kier alpha value is -1.10. The van der Waals surface area contributed by atoms with Gasteiger partial charge in [-0.3, -0.25) is 4.90 Å². The summed E-state index contributed by atoms with van der Waals surface area (Å²) in [6, 6.07) is 4.52. The highest BCUT2D eigenvalue weighted by atomic mass is 79.9. The highest BCUT2D eigenvalue weighted by Gasteiger charge is 2.47. The van der Waals surface area contributed by atoms with E-state index < -0.39 is 5.60 Å². The maximum Gasteiger partial charge on any atom is 0.411 e. The molecule has 1 saturated carbocycles. The first-order valence-electron chi connectivity index (χ1n) is 7.05. The predicted octanol–water partition coefficient (Wildman–Crippen LogP) is 4.88. The van der Waals surface area contributed by atoms with E-state index in [1.165, 1.54) is 12.1 Å². The number of carbonyl (C=O) groups is 1. The van der Waals surface area contributed by atoms with Gasteiger partial charge in [-0.2, -0.15) is 0 Å². The molecule has 2 rings (SSSR count). The van der Waals surface area contributed by atoms with E-state index in [2.05, 4.69) is 15.9 Å². The van der Waals surface area contributed by atoms with Gasteiger partial charge in [-0.25, -0.2) is 9.18 Å². The van der Waals surface area contributed by atoms with Crippen LogP contribution < -0.4 is 0 Å². The number of carbonyl (C=O) groups excluding carboxylic acids is 1. The Balaban J connectivity index is 2.20. The summed E-state index contributed by atoms with van der Waals surface area (Å²) in [5.74, 6) is -0.299. The maximum absolute atomic E-state index is 13.2. The SMILES string of the molecule is CC(C)(C)OC(=O)N(Cc1ccc(F)cc1Br)C1(C)CC1. The lowest BCUT2D eigenvalue weighted by Gasteiger charge is -2.32. The highest BCUT2D eigenvalue weighted by Crippen LogP contribution is 2.43. The normalized spacial score (nSPS) is 16.5. The molecular formula is C16H21BrFNO2. The molecule has 116 valence electrons. The number of nitrogens with zero attached hydrogens (tertiary/aromatic N) is 1. The molecule has 5 heteroatoms. The lowest BCUT2D eigenvalue weighted by molar-refractivity contribution is 0.0126. The van der Waals surface area contributed by atoms with Crippen LogP contribution >= 0.6 is 15.9 Å². The fraction of sp³-hybridized carbons (Fsp3) is 0.562. The van der Waals surface area contributed by atoms with E-state index in [1.807, 2.05) is 27.7 Å². The van der Waals surface area contributed by atoms with E-state index in [1.54, 1.807) is 11.0 Å². The van der Waals surface area contributed by atoms with Crippen molar-refractivity contribution in [2.45, 2.75) is 58.2 Å². The molecule has 1 aliphatic rings. The fourth-order valence-corrected chi connectivity index (χ4v) is 2.54. The Labute approximate surface area is 133 Å². The van der Waals surface area contributed by atoms with Gasteiger partial charge in [0.2, 0.25) is 0 Å². The summed E-state index contributed by atoms with van der Waals surface area (Å²) in [6.07, 6.45) is 1.61. The van der Waals surface area contributed by atoms with Crippen LogP contribution in [0.3, 0.4) is 0 Å². The van der Waals surface area contributed by atoms with Crippen molar-refractivity contribution in [3.05, 3.63) is 34.1 Å². The molecule has 1 amide bonds. The van der Waals surface area contributed by atoms with Crippen molar-refractivity contribution in [2.75, 3.05) is 0 Å². The van der Waals surface area contributed by atoms with Crippen LogP contribution in [0.2, 0.25) is 0 Å². The van der Waals surface area contributed by atoms with E-state index in [4.69, 9.17) is 4.74 Å². The van der Waals surface area contributed by atoms with Crippen molar-refractivity contribution in [1.82, 2.24) is 4.90 Å². The molecule has 0 N–H and O–H groups in total. The zero-order valence-electron chi connectivity index (χ0n) is 12.9. The summed E-state index contributed by atoms with van der Waals surface area (Å²) >= 11 is 3.35. The predicted molar refractivity (Wildman–Crippen MR) is 83.5 cm³/mol. The molecule has 21 heavy (non-hydrogen) atoms. The van der Waals surface area contributed by atoms with E-state index >= 15 is 0 Å². The topological polar surface area (TPSA) is 29.5 Å². The van der Waals surface area contributed by atoms with Crippen LogP contribution in [-0.2, 0) is 11.3 Å². The summed E-state index contributed by atoms with van der Waals surface area (Å²) in [5, 5.41) is 0. The number of hydrogen-bond acceptors (Lipinski definition) is 2. The second-order valence-corrected chi connectivity index (χ2v) is 7.65. The highest BCUT2D eigenvalue weighted by molar-refractivity contribution is 9.10. The van der Waals surface area contributed by atoms with Gasteiger partial charge in [0.15, 0.2) is 0 Å². The van der Waals surface area contributed by atoms with Crippen LogP contribution in [0.25, 0.3) is 0 Å². The average molecular weight is 358 g/mol. The minimum Gasteiger partial charge on any atom is -0.444 e. The maximum atomic E-state index is 13.2.